The van der Waals surface area contributed by atoms with Crippen molar-refractivity contribution in [2.24, 2.45) is 5.92 Å². The maximum Gasteiger partial charge on any atom is 0.371 e. The summed E-state index contributed by atoms with van der Waals surface area (Å²) in [5, 5.41) is 24.3. The van der Waals surface area contributed by atoms with Crippen LogP contribution in [0.1, 0.15) is 36.1 Å². The summed E-state index contributed by atoms with van der Waals surface area (Å²) in [6.45, 7) is 2.55. The Kier molecular flexibility index (Phi) is 5.33. The lowest BCUT2D eigenvalue weighted by molar-refractivity contribution is -0.148. The minimum absolute atomic E-state index is 0.00331. The lowest BCUT2D eigenvalue weighted by Gasteiger charge is -2.37. The highest BCUT2D eigenvalue weighted by Gasteiger charge is 2.52. The molecule has 2 saturated heterocycles. The van der Waals surface area contributed by atoms with E-state index in [1.165, 1.54) is 28.8 Å². The Labute approximate surface area is 175 Å². The van der Waals surface area contributed by atoms with Gasteiger partial charge in [0, 0.05) is 29.0 Å². The average molecular weight is 435 g/mol. The Hall–Kier alpha value is -2.79. The molecule has 0 aromatic carbocycles. The van der Waals surface area contributed by atoms with Gasteiger partial charge in [-0.25, -0.2) is 9.59 Å². The third-order valence-corrected chi connectivity index (χ3v) is 7.17. The molecule has 160 valence electrons. The van der Waals surface area contributed by atoms with Crippen LogP contribution in [0.15, 0.2) is 27.2 Å². The van der Waals surface area contributed by atoms with Crippen molar-refractivity contribution in [3.8, 4) is 0 Å². The molecule has 1 unspecified atom stereocenters. The van der Waals surface area contributed by atoms with Crippen LogP contribution in [-0.4, -0.2) is 62.7 Å². The number of carboxylic acid groups (broad SMARTS) is 2. The zero-order valence-corrected chi connectivity index (χ0v) is 16.9. The first-order valence-electron chi connectivity index (χ1n) is 9.55. The van der Waals surface area contributed by atoms with Crippen molar-refractivity contribution < 1.29 is 33.8 Å². The van der Waals surface area contributed by atoms with Gasteiger partial charge in [-0.15, -0.1) is 11.8 Å². The van der Waals surface area contributed by atoms with Gasteiger partial charge in [-0.1, -0.05) is 6.92 Å². The lowest BCUT2D eigenvalue weighted by atomic mass is 9.94. The van der Waals surface area contributed by atoms with E-state index in [4.69, 9.17) is 9.52 Å². The molecule has 4 heterocycles. The highest BCUT2D eigenvalue weighted by Crippen LogP contribution is 2.48. The number of aromatic carboxylic acids is 1. The summed E-state index contributed by atoms with van der Waals surface area (Å²) in [5.74, 6) is -2.55. The number of nitrogens with one attached hydrogen (secondary N) is 2. The Bertz CT molecular complexity index is 956. The highest BCUT2D eigenvalue weighted by atomic mass is 32.2. The molecule has 0 aliphatic carbocycles. The van der Waals surface area contributed by atoms with E-state index in [0.29, 0.717) is 30.1 Å². The monoisotopic (exact) mass is 435 g/mol. The van der Waals surface area contributed by atoms with E-state index < -0.39 is 18.0 Å². The minimum atomic E-state index is -1.17. The zero-order valence-electron chi connectivity index (χ0n) is 16.1. The molecule has 30 heavy (non-hydrogen) atoms. The lowest BCUT2D eigenvalue weighted by Crippen LogP contribution is -2.51. The number of carboxylic acids is 2. The standard InChI is InChI=1S/C19H21N3O7S/c1-8-12-5-14(23)22(12)15(19(27)28)16(8)30-10-4-11(20-7-10)17(24)21-6-9-2-3-13(29-9)18(25)26/h2-3,8,10-12,20H,4-7H2,1H3,(H,21,24)(H,25,26)(H,27,28)/t8-,10+,11+,12?/m1/s1. The first-order chi connectivity index (χ1) is 14.3. The molecule has 2 fully saturated rings. The second kappa shape index (κ2) is 7.80. The molecule has 3 aliphatic rings. The highest BCUT2D eigenvalue weighted by molar-refractivity contribution is 8.03. The van der Waals surface area contributed by atoms with E-state index in [1.807, 2.05) is 6.92 Å². The molecule has 1 aromatic rings. The minimum Gasteiger partial charge on any atom is -0.477 e. The fourth-order valence-electron chi connectivity index (χ4n) is 4.07. The number of rotatable bonds is 7. The van der Waals surface area contributed by atoms with E-state index in [2.05, 4.69) is 10.6 Å². The van der Waals surface area contributed by atoms with Crippen molar-refractivity contribution in [1.29, 1.82) is 0 Å². The first kappa shape index (κ1) is 20.5. The maximum atomic E-state index is 12.4. The quantitative estimate of drug-likeness (QED) is 0.452. The van der Waals surface area contributed by atoms with Crippen LogP contribution in [-0.2, 0) is 20.9 Å². The number of hydrogen-bond acceptors (Lipinski definition) is 7. The Morgan fingerprint density at radius 1 is 1.30 bits per heavy atom. The summed E-state index contributed by atoms with van der Waals surface area (Å²) in [6.07, 6.45) is 0.878. The van der Waals surface area contributed by atoms with Gasteiger partial charge in [-0.3, -0.25) is 9.59 Å². The fraction of sp³-hybridized carbons (Fsp3) is 0.474. The van der Waals surface area contributed by atoms with Gasteiger partial charge in [0.05, 0.1) is 18.6 Å². The smallest absolute Gasteiger partial charge is 0.371 e. The number of hydrogen-bond donors (Lipinski definition) is 4. The number of fused-ring (bicyclic) bond motifs is 1. The maximum absolute atomic E-state index is 12.4. The summed E-state index contributed by atoms with van der Waals surface area (Å²) in [7, 11) is 0. The molecule has 0 radical (unpaired) electrons. The molecule has 3 aliphatic heterocycles. The molecule has 0 saturated carbocycles. The van der Waals surface area contributed by atoms with Crippen LogP contribution in [0, 0.1) is 5.92 Å². The normalized spacial score (nSPS) is 27.8. The summed E-state index contributed by atoms with van der Waals surface area (Å²) in [5.41, 5.74) is 0.0775. The van der Waals surface area contributed by atoms with Gasteiger partial charge in [0.1, 0.15) is 11.5 Å². The molecule has 2 amide bonds. The second-order valence-corrected chi connectivity index (χ2v) is 8.91. The van der Waals surface area contributed by atoms with Crippen LogP contribution < -0.4 is 10.6 Å². The molecule has 10 nitrogen and oxygen atoms in total. The Morgan fingerprint density at radius 3 is 2.70 bits per heavy atom. The fourth-order valence-corrected chi connectivity index (χ4v) is 5.57. The van der Waals surface area contributed by atoms with Crippen molar-refractivity contribution in [3.05, 3.63) is 34.3 Å². The van der Waals surface area contributed by atoms with E-state index in [1.54, 1.807) is 0 Å². The van der Waals surface area contributed by atoms with Gasteiger partial charge < -0.3 is 30.2 Å². The van der Waals surface area contributed by atoms with Crippen molar-refractivity contribution in [2.75, 3.05) is 6.54 Å². The summed E-state index contributed by atoms with van der Waals surface area (Å²) in [4.78, 5) is 48.9. The van der Waals surface area contributed by atoms with Crippen LogP contribution in [0.2, 0.25) is 0 Å². The van der Waals surface area contributed by atoms with Crippen LogP contribution in [0.5, 0.6) is 0 Å². The van der Waals surface area contributed by atoms with E-state index in [0.717, 1.165) is 0 Å². The van der Waals surface area contributed by atoms with Crippen molar-refractivity contribution in [3.63, 3.8) is 0 Å². The Morgan fingerprint density at radius 2 is 2.07 bits per heavy atom. The van der Waals surface area contributed by atoms with E-state index in [9.17, 15) is 24.3 Å². The number of carbonyl (C=O) groups excluding carboxylic acids is 2. The third-order valence-electron chi connectivity index (χ3n) is 5.66. The molecule has 4 rings (SSSR count). The summed E-state index contributed by atoms with van der Waals surface area (Å²) in [6, 6.07) is 2.30. The average Bonchev–Trinajstić information content (AvgIpc) is 3.39. The zero-order chi connectivity index (χ0) is 21.6. The number of β-lactam (4-membered cyclic amide) rings is 1. The molecule has 1 aromatic heterocycles. The summed E-state index contributed by atoms with van der Waals surface area (Å²) >= 11 is 1.43. The Balaban J connectivity index is 1.34. The number of furan rings is 1. The van der Waals surface area contributed by atoms with Crippen molar-refractivity contribution >= 4 is 35.5 Å². The number of aliphatic carboxylic acids is 1. The van der Waals surface area contributed by atoms with Gasteiger partial charge in [0.15, 0.2) is 0 Å². The number of thioether (sulfide) groups is 1. The first-order valence-corrected chi connectivity index (χ1v) is 10.4. The van der Waals surface area contributed by atoms with Gasteiger partial charge in [0.25, 0.3) is 0 Å². The van der Waals surface area contributed by atoms with Crippen LogP contribution in [0.25, 0.3) is 0 Å². The molecule has 11 heteroatoms. The van der Waals surface area contributed by atoms with Crippen LogP contribution >= 0.6 is 11.8 Å². The van der Waals surface area contributed by atoms with Crippen molar-refractivity contribution in [1.82, 2.24) is 15.5 Å². The SMILES string of the molecule is C[C@H]1C(S[C@@H]2CN[C@H](C(=O)NCc3ccc(C(=O)O)o3)C2)=C(C(=O)O)N2C(=O)CC12. The molecule has 4 N–H and O–H groups in total. The van der Waals surface area contributed by atoms with Gasteiger partial charge in [-0.2, -0.15) is 0 Å². The van der Waals surface area contributed by atoms with Gasteiger partial charge >= 0.3 is 11.9 Å². The largest absolute Gasteiger partial charge is 0.477 e. The number of amides is 2. The van der Waals surface area contributed by atoms with E-state index >= 15 is 0 Å². The predicted molar refractivity (Wildman–Crippen MR) is 104 cm³/mol. The summed E-state index contributed by atoms with van der Waals surface area (Å²) < 4.78 is 5.12. The van der Waals surface area contributed by atoms with E-state index in [-0.39, 0.29) is 47.0 Å². The van der Waals surface area contributed by atoms with Crippen molar-refractivity contribution in [2.45, 2.75) is 43.6 Å². The van der Waals surface area contributed by atoms with Gasteiger partial charge in [-0.05, 0) is 18.6 Å². The topological polar surface area (TPSA) is 149 Å². The predicted octanol–water partition coefficient (Wildman–Crippen LogP) is 0.604. The molecule has 0 bridgehead atoms. The van der Waals surface area contributed by atoms with Gasteiger partial charge in [0.2, 0.25) is 17.6 Å². The molecular formula is C19H21N3O7S. The van der Waals surface area contributed by atoms with Crippen LogP contribution in [0.4, 0.5) is 0 Å². The third kappa shape index (κ3) is 3.58. The second-order valence-electron chi connectivity index (χ2n) is 7.57. The number of nitrogens with zero attached hydrogens (tertiary/aromatic N) is 1. The number of carbonyl (C=O) groups is 4. The molecule has 4 atom stereocenters. The van der Waals surface area contributed by atoms with Crippen LogP contribution in [0.3, 0.4) is 0 Å². The molecular weight excluding hydrogens is 414 g/mol. The molecule has 0 spiro atoms.